The molecule has 2 saturated heterocycles. The Morgan fingerprint density at radius 3 is 2.42 bits per heavy atom. The van der Waals surface area contributed by atoms with Crippen LogP contribution in [0.15, 0.2) is 36.5 Å². The predicted octanol–water partition coefficient (Wildman–Crippen LogP) is 2.09. The predicted molar refractivity (Wildman–Crippen MR) is 213 cm³/mol. The van der Waals surface area contributed by atoms with Crippen molar-refractivity contribution >= 4 is 28.6 Å². The van der Waals surface area contributed by atoms with E-state index in [4.69, 9.17) is 18.9 Å². The first-order valence-corrected chi connectivity index (χ1v) is 20.2. The fourth-order valence-corrected chi connectivity index (χ4v) is 8.18. The van der Waals surface area contributed by atoms with Crippen molar-refractivity contribution in [2.45, 2.75) is 147 Å². The van der Waals surface area contributed by atoms with Crippen LogP contribution in [0.1, 0.15) is 80.2 Å². The summed E-state index contributed by atoms with van der Waals surface area (Å²) in [6, 6.07) is 8.79. The van der Waals surface area contributed by atoms with Crippen molar-refractivity contribution in [2.75, 3.05) is 27.2 Å². The lowest BCUT2D eigenvalue weighted by molar-refractivity contribution is -0.298. The van der Waals surface area contributed by atoms with Gasteiger partial charge in [0.05, 0.1) is 48.1 Å². The van der Waals surface area contributed by atoms with Crippen molar-refractivity contribution in [1.29, 1.82) is 0 Å². The minimum atomic E-state index is -2.04. The number of aromatic nitrogens is 1. The molecule has 3 heterocycles. The van der Waals surface area contributed by atoms with Gasteiger partial charge in [-0.15, -0.1) is 0 Å². The molecule has 1 aromatic heterocycles. The molecule has 0 radical (unpaired) electrons. The molecule has 6 N–H and O–H groups in total. The van der Waals surface area contributed by atoms with Crippen LogP contribution in [0.5, 0.6) is 0 Å². The Balaban J connectivity index is 1.68. The van der Waals surface area contributed by atoms with E-state index in [9.17, 15) is 34.8 Å². The number of aliphatic hydroxyl groups is 4. The maximum absolute atomic E-state index is 14.4. The van der Waals surface area contributed by atoms with E-state index in [0.29, 0.717) is 13.0 Å². The molecule has 0 spiro atoms. The number of hydrogen-bond acceptors (Lipinski definition) is 14. The smallest absolute Gasteiger partial charge is 0.316 e. The van der Waals surface area contributed by atoms with Crippen molar-refractivity contribution < 1.29 is 53.8 Å². The largest absolute Gasteiger partial charge is 0.459 e. The second kappa shape index (κ2) is 19.8. The molecule has 2 aliphatic heterocycles. The molecule has 57 heavy (non-hydrogen) atoms. The molecule has 0 bridgehead atoms. The lowest BCUT2D eigenvalue weighted by Crippen LogP contribution is -2.60. The maximum atomic E-state index is 14.4. The molecular formula is C42H66N4O11. The first-order chi connectivity index (χ1) is 26.7. The number of carbonyl (C=O) groups excluding carboxylic acids is 3. The number of benzene rings is 1. The summed E-state index contributed by atoms with van der Waals surface area (Å²) in [5, 5.41) is 52.6. The first kappa shape index (κ1) is 46.6. The van der Waals surface area contributed by atoms with Gasteiger partial charge in [0.2, 0.25) is 5.91 Å². The monoisotopic (exact) mass is 802 g/mol. The number of nitrogens with zero attached hydrogens (tertiary/aromatic N) is 2. The van der Waals surface area contributed by atoms with E-state index >= 15 is 0 Å². The normalized spacial score (nSPS) is 37.0. The van der Waals surface area contributed by atoms with Crippen LogP contribution < -0.4 is 10.6 Å². The van der Waals surface area contributed by atoms with Crippen molar-refractivity contribution in [3.63, 3.8) is 0 Å². The zero-order valence-corrected chi connectivity index (χ0v) is 35.2. The number of cyclic esters (lactones) is 1. The fraction of sp³-hybridized carbons (Fsp3) is 0.714. The van der Waals surface area contributed by atoms with Gasteiger partial charge in [-0.25, -0.2) is 0 Å². The quantitative estimate of drug-likeness (QED) is 0.142. The Bertz CT molecular complexity index is 1660. The van der Waals surface area contributed by atoms with Gasteiger partial charge >= 0.3 is 5.97 Å². The topological polar surface area (TPSA) is 209 Å². The molecule has 0 aliphatic carbocycles. The average Bonchev–Trinajstić information content (AvgIpc) is 3.16. The third kappa shape index (κ3) is 11.3. The number of fused-ring (bicyclic) bond motifs is 1. The lowest BCUT2D eigenvalue weighted by atomic mass is 9.79. The molecule has 4 rings (SSSR count). The molecule has 320 valence electrons. The van der Waals surface area contributed by atoms with Crippen molar-refractivity contribution in [1.82, 2.24) is 20.5 Å². The van der Waals surface area contributed by atoms with E-state index in [2.05, 4.69) is 15.6 Å². The van der Waals surface area contributed by atoms with E-state index in [1.807, 2.05) is 56.3 Å². The standard InChI is InChI=1S/C42H66N4O11/c1-11-33-42(8,53)36(50)27(6)38(51)45-23(2)18-41(7,54-22-30(47)21-43-19-28-17-29-14-12-13-15-31(29)44-20-28)37(25(4)34(48)26(5)39(52)56-33)57-40-35(49)32(46(9)10)16-24(3)55-40/h12-15,17,20,23-27,30,32-33,35-37,40,43,47,49-50,53H,11,16,18-19,21-22H2,1-10H3,(H,45,51)/t23-,24-,25+,26-,27-,30+,32+,33-,35-,36-,37-,40+,41-,42-/m1/s1. The number of ketones is 1. The number of likely N-dealkylation sites (N-methyl/N-ethyl adjacent to an activating group) is 1. The van der Waals surface area contributed by atoms with Gasteiger partial charge in [-0.1, -0.05) is 39.0 Å². The number of Topliss-reactive ketones (excluding diaryl/α,β-unsaturated/α-hetero) is 1. The van der Waals surface area contributed by atoms with Crippen LogP contribution >= 0.6 is 0 Å². The van der Waals surface area contributed by atoms with E-state index in [-0.39, 0.29) is 38.1 Å². The lowest BCUT2D eigenvalue weighted by Gasteiger charge is -2.47. The summed E-state index contributed by atoms with van der Waals surface area (Å²) in [6.45, 7) is 13.0. The number of aliphatic hydroxyl groups excluding tert-OH is 3. The minimum Gasteiger partial charge on any atom is -0.459 e. The molecule has 2 fully saturated rings. The van der Waals surface area contributed by atoms with Crippen LogP contribution in [-0.4, -0.2) is 141 Å². The molecule has 1 amide bonds. The molecule has 14 atom stereocenters. The number of amides is 1. The highest BCUT2D eigenvalue weighted by Gasteiger charge is 2.51. The summed E-state index contributed by atoms with van der Waals surface area (Å²) >= 11 is 0. The second-order valence-corrected chi connectivity index (χ2v) is 16.9. The van der Waals surface area contributed by atoms with Crippen LogP contribution in [0.2, 0.25) is 0 Å². The average molecular weight is 803 g/mol. The molecule has 2 aliphatic rings. The SMILES string of the molecule is CC[C@H]1OC(=O)[C@H](C)C(=O)[C@H](C)[C@@H](O[C@@H]2O[C@H](C)C[C@H](N(C)C)[C@H]2O)[C@](C)(OC[C@@H](O)CNCc2cnc3ccccc3c2)C[C@@H](C)NC(=O)[C@H](C)[C@@H](O)[C@]1(C)O. The number of ether oxygens (including phenoxy) is 4. The number of pyridine rings is 1. The van der Waals surface area contributed by atoms with Gasteiger partial charge in [0.25, 0.3) is 0 Å². The number of hydrogen-bond donors (Lipinski definition) is 6. The van der Waals surface area contributed by atoms with Gasteiger partial charge < -0.3 is 54.9 Å². The molecule has 2 aromatic rings. The van der Waals surface area contributed by atoms with Crippen LogP contribution in [0.3, 0.4) is 0 Å². The highest BCUT2D eigenvalue weighted by Crippen LogP contribution is 2.36. The molecule has 1 aromatic carbocycles. The Labute approximate surface area is 336 Å². The zero-order valence-electron chi connectivity index (χ0n) is 35.2. The van der Waals surface area contributed by atoms with Gasteiger partial charge in [-0.05, 0) is 85.7 Å². The number of carbonyl (C=O) groups is 3. The summed E-state index contributed by atoms with van der Waals surface area (Å²) in [7, 11) is 3.68. The summed E-state index contributed by atoms with van der Waals surface area (Å²) in [4.78, 5) is 48.0. The second-order valence-electron chi connectivity index (χ2n) is 16.9. The molecule has 0 saturated carbocycles. The Kier molecular flexibility index (Phi) is 16.1. The van der Waals surface area contributed by atoms with E-state index in [1.54, 1.807) is 33.9 Å². The minimum absolute atomic E-state index is 0.0228. The molecule has 0 unspecified atom stereocenters. The van der Waals surface area contributed by atoms with Gasteiger partial charge in [-0.3, -0.25) is 19.4 Å². The summed E-state index contributed by atoms with van der Waals surface area (Å²) in [6.07, 6.45) is -5.37. The molecule has 15 heteroatoms. The number of esters is 1. The Morgan fingerprint density at radius 2 is 1.75 bits per heavy atom. The third-order valence-electron chi connectivity index (χ3n) is 11.7. The van der Waals surface area contributed by atoms with Crippen LogP contribution in [0.25, 0.3) is 10.9 Å². The van der Waals surface area contributed by atoms with Crippen molar-refractivity contribution in [3.05, 3.63) is 42.1 Å². The van der Waals surface area contributed by atoms with Gasteiger partial charge in [-0.2, -0.15) is 0 Å². The van der Waals surface area contributed by atoms with Gasteiger partial charge in [0.1, 0.15) is 23.7 Å². The Morgan fingerprint density at radius 1 is 1.07 bits per heavy atom. The summed E-state index contributed by atoms with van der Waals surface area (Å²) in [5.41, 5.74) is -1.70. The van der Waals surface area contributed by atoms with Crippen LogP contribution in [0, 0.1) is 17.8 Å². The van der Waals surface area contributed by atoms with Gasteiger partial charge in [0.15, 0.2) is 12.1 Å². The van der Waals surface area contributed by atoms with Crippen molar-refractivity contribution in [2.24, 2.45) is 17.8 Å². The van der Waals surface area contributed by atoms with Crippen molar-refractivity contribution in [3.8, 4) is 0 Å². The summed E-state index contributed by atoms with van der Waals surface area (Å²) in [5.74, 6) is -5.64. The number of para-hydroxylation sites is 1. The zero-order chi connectivity index (χ0) is 42.4. The highest BCUT2D eigenvalue weighted by molar-refractivity contribution is 6.00. The van der Waals surface area contributed by atoms with E-state index < -0.39 is 89.5 Å². The maximum Gasteiger partial charge on any atom is 0.316 e. The molecular weight excluding hydrogens is 736 g/mol. The number of nitrogens with one attached hydrogen (secondary N) is 2. The van der Waals surface area contributed by atoms with E-state index in [0.717, 1.165) is 16.5 Å². The highest BCUT2D eigenvalue weighted by atomic mass is 16.7. The first-order valence-electron chi connectivity index (χ1n) is 20.2. The molecule has 15 nitrogen and oxygen atoms in total. The summed E-state index contributed by atoms with van der Waals surface area (Å²) < 4.78 is 25.1. The number of rotatable bonds is 11. The van der Waals surface area contributed by atoms with Gasteiger partial charge in [0, 0.05) is 42.7 Å². The Hall–Kier alpha value is -3.12. The fourth-order valence-electron chi connectivity index (χ4n) is 8.18. The van der Waals surface area contributed by atoms with Crippen LogP contribution in [0.4, 0.5) is 0 Å². The van der Waals surface area contributed by atoms with Crippen LogP contribution in [-0.2, 0) is 39.9 Å². The van der Waals surface area contributed by atoms with E-state index in [1.165, 1.54) is 20.8 Å². The third-order valence-corrected chi connectivity index (χ3v) is 11.7.